The highest BCUT2D eigenvalue weighted by Gasteiger charge is 2.34. The maximum absolute atomic E-state index is 13.8. The van der Waals surface area contributed by atoms with E-state index >= 15 is 0 Å². The lowest BCUT2D eigenvalue weighted by Crippen LogP contribution is -2.51. The van der Waals surface area contributed by atoms with Crippen molar-refractivity contribution >= 4 is 62.3 Å². The first-order chi connectivity index (χ1) is 17.6. The predicted octanol–water partition coefficient (Wildman–Crippen LogP) is 5.40. The number of nitrogens with one attached hydrogen (secondary N) is 1. The zero-order valence-corrected chi connectivity index (χ0v) is 23.3. The van der Waals surface area contributed by atoms with Crippen molar-refractivity contribution < 1.29 is 18.0 Å². The van der Waals surface area contributed by atoms with Gasteiger partial charge in [0.15, 0.2) is 0 Å². The molecule has 11 heteroatoms. The Morgan fingerprint density at radius 1 is 0.919 bits per heavy atom. The molecule has 0 aliphatic carbocycles. The molecular formula is C26H26Cl3N3O4S. The molecule has 0 saturated heterocycles. The average Bonchev–Trinajstić information content (AvgIpc) is 2.89. The van der Waals surface area contributed by atoms with Crippen molar-refractivity contribution in [1.82, 2.24) is 10.2 Å². The van der Waals surface area contributed by atoms with Gasteiger partial charge in [-0.2, -0.15) is 0 Å². The van der Waals surface area contributed by atoms with Crippen LogP contribution in [-0.4, -0.2) is 44.8 Å². The van der Waals surface area contributed by atoms with E-state index in [0.717, 1.165) is 9.87 Å². The van der Waals surface area contributed by atoms with Crippen LogP contribution in [0.4, 0.5) is 5.69 Å². The molecule has 0 bridgehead atoms. The first kappa shape index (κ1) is 28.8. The number of rotatable bonds is 10. The van der Waals surface area contributed by atoms with Gasteiger partial charge in [-0.15, -0.1) is 0 Å². The van der Waals surface area contributed by atoms with Gasteiger partial charge < -0.3 is 10.2 Å². The largest absolute Gasteiger partial charge is 0.357 e. The minimum absolute atomic E-state index is 0.0264. The van der Waals surface area contributed by atoms with Gasteiger partial charge in [0, 0.05) is 23.6 Å². The fraction of sp³-hybridized carbons (Fsp3) is 0.231. The van der Waals surface area contributed by atoms with Gasteiger partial charge in [0.1, 0.15) is 12.6 Å². The Labute approximate surface area is 232 Å². The first-order valence-electron chi connectivity index (χ1n) is 11.4. The number of sulfonamides is 1. The van der Waals surface area contributed by atoms with Crippen molar-refractivity contribution in [2.75, 3.05) is 17.9 Å². The number of carbonyl (C=O) groups is 2. The number of nitrogens with zero attached hydrogens (tertiary/aromatic N) is 2. The minimum atomic E-state index is -4.23. The van der Waals surface area contributed by atoms with Gasteiger partial charge in [-0.25, -0.2) is 8.42 Å². The summed E-state index contributed by atoms with van der Waals surface area (Å²) in [6.07, 6.45) is 0.308. The first-order valence-corrected chi connectivity index (χ1v) is 13.9. The molecule has 1 N–H and O–H groups in total. The Morgan fingerprint density at radius 3 is 2.14 bits per heavy atom. The van der Waals surface area contributed by atoms with E-state index in [1.54, 1.807) is 49.4 Å². The summed E-state index contributed by atoms with van der Waals surface area (Å²) in [6.45, 7) is 1.22. The average molecular weight is 583 g/mol. The summed E-state index contributed by atoms with van der Waals surface area (Å²) in [4.78, 5) is 27.9. The zero-order valence-electron chi connectivity index (χ0n) is 20.2. The standard InChI is InChI=1S/C26H26Cl3N3O4S/c1-3-23(26(34)30-2)31(16-18-9-11-19(27)12-10-18)25(33)17-32(24-15-20(28)13-14-22(24)29)37(35,36)21-7-5-4-6-8-21/h4-15,23H,3,16-17H2,1-2H3,(H,30,34)/t23-/m1/s1. The van der Waals surface area contributed by atoms with Crippen molar-refractivity contribution in [2.24, 2.45) is 0 Å². The molecule has 2 amide bonds. The van der Waals surface area contributed by atoms with Gasteiger partial charge in [-0.3, -0.25) is 13.9 Å². The maximum atomic E-state index is 13.8. The number of carbonyl (C=O) groups excluding carboxylic acids is 2. The lowest BCUT2D eigenvalue weighted by Gasteiger charge is -2.33. The Morgan fingerprint density at radius 2 is 1.54 bits per heavy atom. The van der Waals surface area contributed by atoms with E-state index in [1.165, 1.54) is 42.3 Å². The van der Waals surface area contributed by atoms with Crippen LogP contribution in [-0.2, 0) is 26.2 Å². The molecular weight excluding hydrogens is 557 g/mol. The number of hydrogen-bond donors (Lipinski definition) is 1. The molecule has 0 radical (unpaired) electrons. The molecule has 0 saturated carbocycles. The number of anilines is 1. The molecule has 0 fully saturated rings. The van der Waals surface area contributed by atoms with E-state index in [1.807, 2.05) is 0 Å². The molecule has 0 aliphatic rings. The van der Waals surface area contributed by atoms with Gasteiger partial charge in [0.25, 0.3) is 10.0 Å². The van der Waals surface area contributed by atoms with E-state index in [9.17, 15) is 18.0 Å². The summed E-state index contributed by atoms with van der Waals surface area (Å²) >= 11 is 18.6. The van der Waals surface area contributed by atoms with E-state index in [-0.39, 0.29) is 33.1 Å². The molecule has 3 aromatic carbocycles. The van der Waals surface area contributed by atoms with Gasteiger partial charge in [-0.1, -0.05) is 72.1 Å². The number of likely N-dealkylation sites (N-methyl/N-ethyl adjacent to an activating group) is 1. The van der Waals surface area contributed by atoms with Gasteiger partial charge in [-0.05, 0) is 54.4 Å². The smallest absolute Gasteiger partial charge is 0.264 e. The van der Waals surface area contributed by atoms with Crippen molar-refractivity contribution in [2.45, 2.75) is 30.8 Å². The van der Waals surface area contributed by atoms with Crippen LogP contribution in [0, 0.1) is 0 Å². The van der Waals surface area contributed by atoms with Crippen molar-refractivity contribution in [3.05, 3.63) is 93.4 Å². The molecule has 0 spiro atoms. The summed E-state index contributed by atoms with van der Waals surface area (Å²) in [5.41, 5.74) is 0.768. The molecule has 196 valence electrons. The number of amides is 2. The monoisotopic (exact) mass is 581 g/mol. The van der Waals surface area contributed by atoms with Crippen molar-refractivity contribution in [1.29, 1.82) is 0 Å². The molecule has 7 nitrogen and oxygen atoms in total. The normalized spacial score (nSPS) is 12.0. The highest BCUT2D eigenvalue weighted by Crippen LogP contribution is 2.33. The number of halogens is 3. The van der Waals surface area contributed by atoms with Crippen LogP contribution < -0.4 is 9.62 Å². The van der Waals surface area contributed by atoms with Gasteiger partial charge in [0.05, 0.1) is 15.6 Å². The quantitative estimate of drug-likeness (QED) is 0.347. The van der Waals surface area contributed by atoms with E-state index in [0.29, 0.717) is 11.4 Å². The number of benzene rings is 3. The number of hydrogen-bond acceptors (Lipinski definition) is 4. The Kier molecular flexibility index (Phi) is 9.84. The summed E-state index contributed by atoms with van der Waals surface area (Å²) in [7, 11) is -2.75. The Balaban J connectivity index is 2.09. The molecule has 0 aliphatic heterocycles. The van der Waals surface area contributed by atoms with Gasteiger partial charge in [0.2, 0.25) is 11.8 Å². The predicted molar refractivity (Wildman–Crippen MR) is 148 cm³/mol. The molecule has 3 aromatic rings. The fourth-order valence-electron chi connectivity index (χ4n) is 3.78. The van der Waals surface area contributed by atoms with Crippen LogP contribution in [0.3, 0.4) is 0 Å². The topological polar surface area (TPSA) is 86.8 Å². The van der Waals surface area contributed by atoms with Crippen LogP contribution in [0.2, 0.25) is 15.1 Å². The Bertz CT molecular complexity index is 1350. The maximum Gasteiger partial charge on any atom is 0.264 e. The molecule has 1 atom stereocenters. The van der Waals surface area contributed by atoms with Crippen LogP contribution >= 0.6 is 34.8 Å². The molecule has 3 rings (SSSR count). The van der Waals surface area contributed by atoms with E-state index in [2.05, 4.69) is 5.32 Å². The highest BCUT2D eigenvalue weighted by molar-refractivity contribution is 7.92. The van der Waals surface area contributed by atoms with Gasteiger partial charge >= 0.3 is 0 Å². The van der Waals surface area contributed by atoms with E-state index < -0.39 is 28.5 Å². The minimum Gasteiger partial charge on any atom is -0.357 e. The molecule has 0 heterocycles. The third kappa shape index (κ3) is 6.96. The van der Waals surface area contributed by atoms with Crippen LogP contribution in [0.5, 0.6) is 0 Å². The summed E-state index contributed by atoms with van der Waals surface area (Å²) in [5.74, 6) is -0.969. The van der Waals surface area contributed by atoms with E-state index in [4.69, 9.17) is 34.8 Å². The highest BCUT2D eigenvalue weighted by atomic mass is 35.5. The van der Waals surface area contributed by atoms with Crippen molar-refractivity contribution in [3.63, 3.8) is 0 Å². The summed E-state index contributed by atoms with van der Waals surface area (Å²) < 4.78 is 28.4. The summed E-state index contributed by atoms with van der Waals surface area (Å²) in [5, 5.41) is 3.45. The second-order valence-corrected chi connectivity index (χ2v) is 11.2. The third-order valence-corrected chi connectivity index (χ3v) is 8.27. The van der Waals surface area contributed by atoms with Crippen LogP contribution in [0.25, 0.3) is 0 Å². The second kappa shape index (κ2) is 12.6. The zero-order chi connectivity index (χ0) is 27.2. The third-order valence-electron chi connectivity index (χ3n) is 5.69. The second-order valence-electron chi connectivity index (χ2n) is 8.11. The Hall–Kier alpha value is -2.78. The molecule has 0 aromatic heterocycles. The van der Waals surface area contributed by atoms with Crippen molar-refractivity contribution in [3.8, 4) is 0 Å². The van der Waals surface area contributed by atoms with Crippen LogP contribution in [0.1, 0.15) is 18.9 Å². The lowest BCUT2D eigenvalue weighted by molar-refractivity contribution is -0.140. The molecule has 37 heavy (non-hydrogen) atoms. The molecule has 0 unspecified atom stereocenters. The summed E-state index contributed by atoms with van der Waals surface area (Å²) in [6, 6.07) is 18.1. The fourth-order valence-corrected chi connectivity index (χ4v) is 5.79. The lowest BCUT2D eigenvalue weighted by atomic mass is 10.1. The van der Waals surface area contributed by atoms with Crippen LogP contribution in [0.15, 0.2) is 77.7 Å². The SMILES string of the molecule is CC[C@H](C(=O)NC)N(Cc1ccc(Cl)cc1)C(=O)CN(c1cc(Cl)ccc1Cl)S(=O)(=O)c1ccccc1.